The summed E-state index contributed by atoms with van der Waals surface area (Å²) >= 11 is -0.695. The first kappa shape index (κ1) is 19.0. The Bertz CT molecular complexity index is 1000. The zero-order valence-electron chi connectivity index (χ0n) is 14.7. The maximum atomic E-state index is 12.5. The number of aromatic nitrogens is 2. The van der Waals surface area contributed by atoms with Gasteiger partial charge >= 0.3 is 164 Å². The summed E-state index contributed by atoms with van der Waals surface area (Å²) in [4.78, 5) is 32.6. The third-order valence-corrected chi connectivity index (χ3v) is 6.04. The Labute approximate surface area is 163 Å². The van der Waals surface area contributed by atoms with E-state index in [0.717, 1.165) is 15.5 Å². The van der Waals surface area contributed by atoms with Crippen LogP contribution in [0.15, 0.2) is 54.7 Å². The fourth-order valence-electron chi connectivity index (χ4n) is 2.51. The number of hydrogen-bond acceptors (Lipinski definition) is 5. The fourth-order valence-corrected chi connectivity index (χ4v) is 4.35. The predicted molar refractivity (Wildman–Crippen MR) is 105 cm³/mol. The van der Waals surface area contributed by atoms with Crippen LogP contribution >= 0.6 is 0 Å². The van der Waals surface area contributed by atoms with E-state index in [1.807, 2.05) is 55.5 Å². The molecule has 1 aromatic heterocycles. The minimum absolute atomic E-state index is 0.0735. The molecule has 6 nitrogen and oxygen atoms in total. The Morgan fingerprint density at radius 2 is 1.85 bits per heavy atom. The van der Waals surface area contributed by atoms with Crippen molar-refractivity contribution >= 4 is 30.6 Å². The topological polar surface area (TPSA) is 112 Å². The van der Waals surface area contributed by atoms with Crippen molar-refractivity contribution in [3.63, 3.8) is 0 Å². The molecule has 0 saturated heterocycles. The number of primary amides is 1. The van der Waals surface area contributed by atoms with Gasteiger partial charge in [0, 0.05) is 0 Å². The number of amides is 1. The molecule has 135 valence electrons. The summed E-state index contributed by atoms with van der Waals surface area (Å²) < 4.78 is 1.07. The second-order valence-electron chi connectivity index (χ2n) is 5.95. The van der Waals surface area contributed by atoms with Crippen molar-refractivity contribution in [2.75, 3.05) is 0 Å². The number of aryl methyl sites for hydroxylation is 1. The van der Waals surface area contributed by atoms with E-state index in [2.05, 4.69) is 9.97 Å². The zero-order valence-corrected chi connectivity index (χ0v) is 16.6. The summed E-state index contributed by atoms with van der Waals surface area (Å²) in [5.74, 6) is -0.665. The first-order chi connectivity index (χ1) is 13.0. The standard InChI is InChI=1S/C20H18AsN4O2/c1-12-5-7-13(8-6-12)19(26)21-15-4-2-3-14(9-15)17-11-24-16(10-22)18(25-17)20(23)27/h2-9,11H,10,22H2,1H3,(H2,23,27). The molecule has 4 N–H and O–H groups in total. The summed E-state index contributed by atoms with van der Waals surface area (Å²) in [6.07, 6.45) is 1.56. The van der Waals surface area contributed by atoms with Crippen molar-refractivity contribution in [3.8, 4) is 11.3 Å². The van der Waals surface area contributed by atoms with Gasteiger partial charge in [0.2, 0.25) is 0 Å². The molecule has 3 rings (SSSR count). The average molecular weight is 421 g/mol. The van der Waals surface area contributed by atoms with Gasteiger partial charge in [-0.1, -0.05) is 0 Å². The molecule has 0 aliphatic heterocycles. The molecule has 27 heavy (non-hydrogen) atoms. The van der Waals surface area contributed by atoms with Crippen LogP contribution < -0.4 is 15.8 Å². The fraction of sp³-hybridized carbons (Fsp3) is 0.100. The summed E-state index contributed by atoms with van der Waals surface area (Å²) in [6, 6.07) is 15.1. The second kappa shape index (κ2) is 8.25. The summed E-state index contributed by atoms with van der Waals surface area (Å²) in [5.41, 5.74) is 14.5. The van der Waals surface area contributed by atoms with Gasteiger partial charge < -0.3 is 0 Å². The quantitative estimate of drug-likeness (QED) is 0.581. The SMILES string of the molecule is Cc1ccc(C(=O)[As]c2cccc(-c3cnc(CN)c(C(N)=O)n3)c2)cc1. The summed E-state index contributed by atoms with van der Waals surface area (Å²) in [7, 11) is 0. The van der Waals surface area contributed by atoms with Gasteiger partial charge in [0.05, 0.1) is 0 Å². The number of benzene rings is 2. The molecule has 0 bridgehead atoms. The first-order valence-corrected chi connectivity index (χ1v) is 10.1. The van der Waals surface area contributed by atoms with Crippen molar-refractivity contribution in [1.82, 2.24) is 9.97 Å². The van der Waals surface area contributed by atoms with Gasteiger partial charge in [0.1, 0.15) is 0 Å². The zero-order chi connectivity index (χ0) is 19.4. The average Bonchev–Trinajstić information content (AvgIpc) is 2.68. The molecule has 2 aromatic carbocycles. The Balaban J connectivity index is 1.87. The molecule has 0 spiro atoms. The summed E-state index contributed by atoms with van der Waals surface area (Å²) in [5, 5.41) is 0. The molecule has 7 heteroatoms. The van der Waals surface area contributed by atoms with Crippen LogP contribution in [0, 0.1) is 6.92 Å². The number of rotatable bonds is 6. The molecular weight excluding hydrogens is 403 g/mol. The molecule has 3 aromatic rings. The van der Waals surface area contributed by atoms with Gasteiger partial charge in [0.15, 0.2) is 0 Å². The van der Waals surface area contributed by atoms with Crippen molar-refractivity contribution < 1.29 is 9.59 Å². The van der Waals surface area contributed by atoms with Gasteiger partial charge in [-0.3, -0.25) is 0 Å². The van der Waals surface area contributed by atoms with Crippen LogP contribution in [-0.4, -0.2) is 36.2 Å². The molecule has 0 saturated carbocycles. The maximum absolute atomic E-state index is 12.5. The number of carbonyl (C=O) groups is 2. The molecule has 0 aliphatic rings. The van der Waals surface area contributed by atoms with Gasteiger partial charge in [-0.15, -0.1) is 0 Å². The van der Waals surface area contributed by atoms with E-state index < -0.39 is 21.7 Å². The Kier molecular flexibility index (Phi) is 5.79. The van der Waals surface area contributed by atoms with Crippen molar-refractivity contribution in [3.05, 3.63) is 77.2 Å². The van der Waals surface area contributed by atoms with Gasteiger partial charge in [0.25, 0.3) is 0 Å². The molecule has 1 amide bonds. The monoisotopic (exact) mass is 421 g/mol. The van der Waals surface area contributed by atoms with E-state index >= 15 is 0 Å². The van der Waals surface area contributed by atoms with E-state index in [-0.39, 0.29) is 16.8 Å². The van der Waals surface area contributed by atoms with E-state index in [4.69, 9.17) is 11.5 Å². The number of nitrogens with two attached hydrogens (primary N) is 2. The van der Waals surface area contributed by atoms with Crippen LogP contribution in [0.3, 0.4) is 0 Å². The number of hydrogen-bond donors (Lipinski definition) is 2. The van der Waals surface area contributed by atoms with E-state index in [1.54, 1.807) is 6.20 Å². The molecule has 0 fully saturated rings. The number of carbonyl (C=O) groups excluding carboxylic acids is 2. The van der Waals surface area contributed by atoms with E-state index in [0.29, 0.717) is 17.0 Å². The van der Waals surface area contributed by atoms with Crippen LogP contribution in [0.2, 0.25) is 0 Å². The van der Waals surface area contributed by atoms with Crippen molar-refractivity contribution in [2.45, 2.75) is 13.5 Å². The van der Waals surface area contributed by atoms with Crippen molar-refractivity contribution in [1.29, 1.82) is 0 Å². The van der Waals surface area contributed by atoms with Gasteiger partial charge in [-0.25, -0.2) is 0 Å². The predicted octanol–water partition coefficient (Wildman–Crippen LogP) is 1.18. The van der Waals surface area contributed by atoms with Crippen LogP contribution in [-0.2, 0) is 6.54 Å². The Hall–Kier alpha value is -2.82. The molecule has 0 aliphatic carbocycles. The number of nitrogens with zero attached hydrogens (tertiary/aromatic N) is 2. The minimum atomic E-state index is -0.695. The van der Waals surface area contributed by atoms with Crippen LogP contribution in [0.1, 0.15) is 32.1 Å². The van der Waals surface area contributed by atoms with Gasteiger partial charge in [-0.05, 0) is 0 Å². The Morgan fingerprint density at radius 3 is 2.52 bits per heavy atom. The summed E-state index contributed by atoms with van der Waals surface area (Å²) in [6.45, 7) is 2.07. The normalized spacial score (nSPS) is 11.0. The third kappa shape index (κ3) is 4.48. The second-order valence-corrected chi connectivity index (χ2v) is 8.36. The Morgan fingerprint density at radius 1 is 1.11 bits per heavy atom. The molecular formula is C20H18AsN4O2. The first-order valence-electron chi connectivity index (χ1n) is 8.27. The van der Waals surface area contributed by atoms with Crippen LogP contribution in [0.25, 0.3) is 11.3 Å². The third-order valence-electron chi connectivity index (χ3n) is 3.95. The molecule has 1 heterocycles. The molecule has 0 unspecified atom stereocenters. The van der Waals surface area contributed by atoms with E-state index in [1.165, 1.54) is 0 Å². The van der Waals surface area contributed by atoms with Gasteiger partial charge in [-0.2, -0.15) is 0 Å². The molecule has 0 atom stereocenters. The van der Waals surface area contributed by atoms with Crippen LogP contribution in [0.4, 0.5) is 0 Å². The van der Waals surface area contributed by atoms with E-state index in [9.17, 15) is 9.59 Å². The van der Waals surface area contributed by atoms with Crippen molar-refractivity contribution in [2.24, 2.45) is 11.5 Å². The molecule has 1 radical (unpaired) electrons. The van der Waals surface area contributed by atoms with Crippen LogP contribution in [0.5, 0.6) is 0 Å².